The zero-order valence-corrected chi connectivity index (χ0v) is 15.9. The van der Waals surface area contributed by atoms with Crippen molar-refractivity contribution in [2.45, 2.75) is 0 Å². The Morgan fingerprint density at radius 1 is 0.517 bits per heavy atom. The molecule has 136 valence electrons. The van der Waals surface area contributed by atoms with Crippen molar-refractivity contribution in [3.8, 4) is 22.4 Å². The van der Waals surface area contributed by atoms with E-state index in [0.717, 1.165) is 16.8 Å². The van der Waals surface area contributed by atoms with Gasteiger partial charge in [0, 0.05) is 17.3 Å². The van der Waals surface area contributed by atoms with Gasteiger partial charge < -0.3 is 0 Å². The van der Waals surface area contributed by atoms with Crippen LogP contribution in [0.5, 0.6) is 0 Å². The summed E-state index contributed by atoms with van der Waals surface area (Å²) in [6.45, 7) is 0. The van der Waals surface area contributed by atoms with E-state index in [1.165, 1.54) is 27.8 Å². The lowest BCUT2D eigenvalue weighted by Gasteiger charge is -2.05. The number of aromatic nitrogens is 1. The van der Waals surface area contributed by atoms with Gasteiger partial charge >= 0.3 is 0 Å². The van der Waals surface area contributed by atoms with Crippen molar-refractivity contribution < 1.29 is 0 Å². The predicted molar refractivity (Wildman–Crippen MR) is 121 cm³/mol. The fourth-order valence-electron chi connectivity index (χ4n) is 3.57. The first-order valence-electron chi connectivity index (χ1n) is 9.73. The van der Waals surface area contributed by atoms with Crippen LogP contribution in [-0.4, -0.2) is 4.98 Å². The van der Waals surface area contributed by atoms with Crippen LogP contribution >= 0.6 is 0 Å². The Labute approximate surface area is 171 Å². The Hall–Kier alpha value is -3.93. The molecular formula is C28H19N. The highest BCUT2D eigenvalue weighted by molar-refractivity contribution is 5.92. The summed E-state index contributed by atoms with van der Waals surface area (Å²) in [4.78, 5) is 4.42. The first kappa shape index (κ1) is 17.2. The molecular weight excluding hydrogens is 350 g/mol. The molecule has 0 saturated heterocycles. The summed E-state index contributed by atoms with van der Waals surface area (Å²) in [5.74, 6) is 0. The average Bonchev–Trinajstić information content (AvgIpc) is 3.31. The molecule has 0 fully saturated rings. The van der Waals surface area contributed by atoms with Gasteiger partial charge in [-0.3, -0.25) is 4.98 Å². The smallest absolute Gasteiger partial charge is 0.0701 e. The van der Waals surface area contributed by atoms with E-state index in [1.807, 2.05) is 30.5 Å². The van der Waals surface area contributed by atoms with Crippen LogP contribution in [0.25, 0.3) is 33.5 Å². The molecule has 1 aliphatic carbocycles. The number of hydrogen-bond acceptors (Lipinski definition) is 1. The Kier molecular flexibility index (Phi) is 4.50. The van der Waals surface area contributed by atoms with E-state index < -0.39 is 0 Å². The highest BCUT2D eigenvalue weighted by Gasteiger charge is 2.08. The van der Waals surface area contributed by atoms with Gasteiger partial charge in [0.1, 0.15) is 0 Å². The van der Waals surface area contributed by atoms with Crippen LogP contribution in [-0.2, 0) is 0 Å². The van der Waals surface area contributed by atoms with Crippen LogP contribution in [0.2, 0.25) is 0 Å². The topological polar surface area (TPSA) is 12.9 Å². The Morgan fingerprint density at radius 2 is 1.14 bits per heavy atom. The molecule has 0 N–H and O–H groups in total. The molecule has 1 aliphatic rings. The molecule has 0 aliphatic heterocycles. The molecule has 0 unspecified atom stereocenters. The fourth-order valence-corrected chi connectivity index (χ4v) is 3.57. The third-order valence-electron chi connectivity index (χ3n) is 5.16. The third-order valence-corrected chi connectivity index (χ3v) is 5.16. The fraction of sp³-hybridized carbons (Fsp3) is 0. The van der Waals surface area contributed by atoms with E-state index in [0.29, 0.717) is 0 Å². The zero-order valence-electron chi connectivity index (χ0n) is 15.9. The SMILES string of the molecule is C1=CC(c2ccc(-c3ccccn3)cc2)=CC=1c1ccc(-c2ccccc2)cc1. The van der Waals surface area contributed by atoms with Gasteiger partial charge in [0.2, 0.25) is 0 Å². The van der Waals surface area contributed by atoms with Crippen LogP contribution in [0, 0.1) is 0 Å². The van der Waals surface area contributed by atoms with Crippen molar-refractivity contribution in [1.29, 1.82) is 0 Å². The van der Waals surface area contributed by atoms with E-state index in [1.54, 1.807) is 0 Å². The van der Waals surface area contributed by atoms with E-state index in [9.17, 15) is 0 Å². The van der Waals surface area contributed by atoms with Crippen molar-refractivity contribution in [1.82, 2.24) is 4.98 Å². The van der Waals surface area contributed by atoms with Gasteiger partial charge in [0.25, 0.3) is 0 Å². The molecule has 1 aromatic heterocycles. The maximum atomic E-state index is 4.42. The van der Waals surface area contributed by atoms with E-state index in [-0.39, 0.29) is 0 Å². The Bertz CT molecular complexity index is 1220. The van der Waals surface area contributed by atoms with Crippen molar-refractivity contribution in [2.75, 3.05) is 0 Å². The molecule has 4 aromatic rings. The number of nitrogens with zero attached hydrogens (tertiary/aromatic N) is 1. The van der Waals surface area contributed by atoms with Gasteiger partial charge in [0.15, 0.2) is 0 Å². The van der Waals surface area contributed by atoms with Crippen molar-refractivity contribution in [3.63, 3.8) is 0 Å². The largest absolute Gasteiger partial charge is 0.256 e. The lowest BCUT2D eigenvalue weighted by molar-refractivity contribution is 1.33. The molecule has 0 radical (unpaired) electrons. The van der Waals surface area contributed by atoms with Crippen molar-refractivity contribution in [3.05, 3.63) is 132 Å². The molecule has 0 atom stereocenters. The molecule has 0 spiro atoms. The van der Waals surface area contributed by atoms with Gasteiger partial charge in [-0.15, -0.1) is 5.73 Å². The number of allylic oxidation sites excluding steroid dienone is 3. The lowest BCUT2D eigenvalue weighted by atomic mass is 9.99. The standard InChI is InChI=1S/C28H19N/c1-2-6-21(7-3-1)22-9-11-23(12-10-22)26-17-18-27(20-26)24-13-15-25(16-14-24)28-8-4-5-19-29-28/h1-16,18-20H. The van der Waals surface area contributed by atoms with Gasteiger partial charge in [-0.2, -0.15) is 0 Å². The maximum absolute atomic E-state index is 4.42. The molecule has 0 saturated carbocycles. The monoisotopic (exact) mass is 369 g/mol. The summed E-state index contributed by atoms with van der Waals surface area (Å²) in [6.07, 6.45) is 6.09. The lowest BCUT2D eigenvalue weighted by Crippen LogP contribution is -1.84. The molecule has 29 heavy (non-hydrogen) atoms. The second-order valence-electron chi connectivity index (χ2n) is 7.04. The number of benzene rings is 3. The van der Waals surface area contributed by atoms with Gasteiger partial charge in [-0.1, -0.05) is 84.9 Å². The van der Waals surface area contributed by atoms with Crippen molar-refractivity contribution in [2.24, 2.45) is 0 Å². The van der Waals surface area contributed by atoms with E-state index >= 15 is 0 Å². The maximum Gasteiger partial charge on any atom is 0.0701 e. The molecule has 5 rings (SSSR count). The second-order valence-corrected chi connectivity index (χ2v) is 7.04. The molecule has 0 amide bonds. The van der Waals surface area contributed by atoms with Crippen LogP contribution in [0.3, 0.4) is 0 Å². The number of pyridine rings is 1. The molecule has 1 heterocycles. The zero-order chi connectivity index (χ0) is 19.5. The summed E-state index contributed by atoms with van der Waals surface area (Å²) in [6, 6.07) is 33.7. The van der Waals surface area contributed by atoms with Crippen LogP contribution in [0.15, 0.2) is 121 Å². The summed E-state index contributed by atoms with van der Waals surface area (Å²) in [7, 11) is 0. The highest BCUT2D eigenvalue weighted by atomic mass is 14.7. The molecule has 1 nitrogen and oxygen atoms in total. The van der Waals surface area contributed by atoms with Gasteiger partial charge in [-0.05, 0) is 52.1 Å². The summed E-state index contributed by atoms with van der Waals surface area (Å²) in [5, 5.41) is 0. The average molecular weight is 369 g/mol. The first-order chi connectivity index (χ1) is 14.4. The van der Waals surface area contributed by atoms with E-state index in [2.05, 4.69) is 95.7 Å². The minimum atomic E-state index is 0.993. The van der Waals surface area contributed by atoms with Gasteiger partial charge in [-0.25, -0.2) is 0 Å². The number of hydrogen-bond donors (Lipinski definition) is 0. The summed E-state index contributed by atoms with van der Waals surface area (Å²) >= 11 is 0. The highest BCUT2D eigenvalue weighted by Crippen LogP contribution is 2.30. The second kappa shape index (κ2) is 7.59. The Balaban J connectivity index is 1.36. The third kappa shape index (κ3) is 3.60. The minimum absolute atomic E-state index is 0.993. The van der Waals surface area contributed by atoms with E-state index in [4.69, 9.17) is 0 Å². The summed E-state index contributed by atoms with van der Waals surface area (Å²) < 4.78 is 0. The Morgan fingerprint density at radius 3 is 1.86 bits per heavy atom. The summed E-state index contributed by atoms with van der Waals surface area (Å²) in [5.41, 5.74) is 12.7. The predicted octanol–water partition coefficient (Wildman–Crippen LogP) is 7.05. The van der Waals surface area contributed by atoms with Crippen LogP contribution in [0.4, 0.5) is 0 Å². The first-order valence-corrected chi connectivity index (χ1v) is 9.73. The molecule has 0 bridgehead atoms. The van der Waals surface area contributed by atoms with Crippen molar-refractivity contribution >= 4 is 11.1 Å². The van der Waals surface area contributed by atoms with Crippen LogP contribution in [0.1, 0.15) is 11.1 Å². The number of rotatable bonds is 4. The quantitative estimate of drug-likeness (QED) is 0.351. The van der Waals surface area contributed by atoms with Crippen LogP contribution < -0.4 is 0 Å². The minimum Gasteiger partial charge on any atom is -0.256 e. The molecule has 1 heteroatoms. The molecule has 3 aromatic carbocycles. The van der Waals surface area contributed by atoms with Gasteiger partial charge in [0.05, 0.1) is 5.69 Å². The normalized spacial score (nSPS) is 12.6.